The molecule has 156 valence electrons. The average Bonchev–Trinajstić information content (AvgIpc) is 3.14. The number of rotatable bonds is 4. The highest BCUT2D eigenvalue weighted by atomic mass is 19.1. The normalized spacial score (nSPS) is 14.7. The Bertz CT molecular complexity index is 1050. The summed E-state index contributed by atoms with van der Waals surface area (Å²) in [5, 5.41) is 12.3. The molecule has 0 unspecified atom stereocenters. The summed E-state index contributed by atoms with van der Waals surface area (Å²) in [4.78, 5) is 17.0. The summed E-state index contributed by atoms with van der Waals surface area (Å²) in [6.07, 6.45) is 4.77. The van der Waals surface area contributed by atoms with Crippen LogP contribution in [-0.4, -0.2) is 57.0 Å². The summed E-state index contributed by atoms with van der Waals surface area (Å²) in [6.45, 7) is 1.13. The number of amides is 1. The van der Waals surface area contributed by atoms with Crippen molar-refractivity contribution in [1.82, 2.24) is 24.9 Å². The van der Waals surface area contributed by atoms with E-state index in [1.807, 2.05) is 19.2 Å². The molecular formula is C21H22F2N6O. The topological polar surface area (TPSA) is 67.2 Å². The van der Waals surface area contributed by atoms with Gasteiger partial charge in [-0.15, -0.1) is 5.10 Å². The molecule has 1 aromatic carbocycles. The number of nitrogens with zero attached hydrogens (tertiary/aromatic N) is 6. The van der Waals surface area contributed by atoms with Crippen molar-refractivity contribution in [2.75, 3.05) is 25.0 Å². The van der Waals surface area contributed by atoms with Crippen LogP contribution in [0.2, 0.25) is 0 Å². The summed E-state index contributed by atoms with van der Waals surface area (Å²) in [6, 6.07) is 7.26. The molecule has 1 aliphatic rings. The molecule has 0 bridgehead atoms. The smallest absolute Gasteiger partial charge is 0.257 e. The van der Waals surface area contributed by atoms with Crippen molar-refractivity contribution < 1.29 is 13.6 Å². The van der Waals surface area contributed by atoms with Gasteiger partial charge in [0.05, 0.1) is 5.56 Å². The van der Waals surface area contributed by atoms with E-state index in [1.165, 1.54) is 10.7 Å². The SMILES string of the molecule is CN(c1cccnn1)C1CCN(C(=O)c2cn(C)nc2-c2ccc(F)cc2F)CC1. The molecule has 3 aromatic rings. The molecule has 1 amide bonds. The van der Waals surface area contributed by atoms with Gasteiger partial charge in [0.2, 0.25) is 0 Å². The van der Waals surface area contributed by atoms with Crippen LogP contribution in [0.1, 0.15) is 23.2 Å². The molecule has 0 atom stereocenters. The van der Waals surface area contributed by atoms with Crippen molar-refractivity contribution in [3.05, 3.63) is 59.9 Å². The second kappa shape index (κ2) is 8.17. The lowest BCUT2D eigenvalue weighted by Gasteiger charge is -2.37. The Morgan fingerprint density at radius 1 is 1.20 bits per heavy atom. The monoisotopic (exact) mass is 412 g/mol. The zero-order valence-electron chi connectivity index (χ0n) is 16.8. The summed E-state index contributed by atoms with van der Waals surface area (Å²) in [7, 11) is 3.65. The van der Waals surface area contributed by atoms with E-state index in [4.69, 9.17) is 0 Å². The molecule has 3 heterocycles. The molecule has 4 rings (SSSR count). The number of likely N-dealkylation sites (tertiary alicyclic amines) is 1. The maximum atomic E-state index is 14.3. The highest BCUT2D eigenvalue weighted by Gasteiger charge is 2.29. The molecule has 0 saturated carbocycles. The highest BCUT2D eigenvalue weighted by Crippen LogP contribution is 2.28. The molecule has 1 fully saturated rings. The van der Waals surface area contributed by atoms with E-state index in [0.717, 1.165) is 30.8 Å². The maximum absolute atomic E-state index is 14.3. The molecule has 1 aliphatic heterocycles. The van der Waals surface area contributed by atoms with Crippen LogP contribution in [0.3, 0.4) is 0 Å². The molecule has 30 heavy (non-hydrogen) atoms. The lowest BCUT2D eigenvalue weighted by atomic mass is 10.0. The molecule has 0 radical (unpaired) electrons. The number of anilines is 1. The first-order chi connectivity index (χ1) is 14.4. The number of aromatic nitrogens is 4. The Balaban J connectivity index is 1.50. The van der Waals surface area contributed by atoms with Gasteiger partial charge in [-0.2, -0.15) is 10.2 Å². The fourth-order valence-corrected chi connectivity index (χ4v) is 3.82. The summed E-state index contributed by atoms with van der Waals surface area (Å²) in [5.41, 5.74) is 0.639. The molecule has 7 nitrogen and oxygen atoms in total. The van der Waals surface area contributed by atoms with Crippen molar-refractivity contribution in [2.45, 2.75) is 18.9 Å². The van der Waals surface area contributed by atoms with Crippen LogP contribution >= 0.6 is 0 Å². The van der Waals surface area contributed by atoms with E-state index in [2.05, 4.69) is 20.2 Å². The summed E-state index contributed by atoms with van der Waals surface area (Å²) >= 11 is 0. The summed E-state index contributed by atoms with van der Waals surface area (Å²) < 4.78 is 29.1. The maximum Gasteiger partial charge on any atom is 0.257 e. The molecule has 0 spiro atoms. The zero-order valence-corrected chi connectivity index (χ0v) is 16.8. The van der Waals surface area contributed by atoms with E-state index in [-0.39, 0.29) is 23.2 Å². The van der Waals surface area contributed by atoms with E-state index in [1.54, 1.807) is 24.3 Å². The second-order valence-electron chi connectivity index (χ2n) is 7.41. The molecule has 0 N–H and O–H groups in total. The number of benzene rings is 1. The summed E-state index contributed by atoms with van der Waals surface area (Å²) in [5.74, 6) is -0.826. The van der Waals surface area contributed by atoms with Gasteiger partial charge in [-0.25, -0.2) is 8.78 Å². The van der Waals surface area contributed by atoms with Crippen molar-refractivity contribution in [2.24, 2.45) is 7.05 Å². The van der Waals surface area contributed by atoms with Crippen LogP contribution in [0.15, 0.2) is 42.7 Å². The first-order valence-electron chi connectivity index (χ1n) is 9.73. The minimum atomic E-state index is -0.743. The van der Waals surface area contributed by atoms with Crippen molar-refractivity contribution in [1.29, 1.82) is 0 Å². The van der Waals surface area contributed by atoms with Gasteiger partial charge in [-0.1, -0.05) is 0 Å². The van der Waals surface area contributed by atoms with E-state index in [9.17, 15) is 13.6 Å². The molecular weight excluding hydrogens is 390 g/mol. The number of carbonyl (C=O) groups is 1. The fourth-order valence-electron chi connectivity index (χ4n) is 3.82. The lowest BCUT2D eigenvalue weighted by Crippen LogP contribution is -2.46. The third-order valence-electron chi connectivity index (χ3n) is 5.46. The van der Waals surface area contributed by atoms with Gasteiger partial charge in [0.1, 0.15) is 17.3 Å². The predicted octanol–water partition coefficient (Wildman–Crippen LogP) is 2.90. The lowest BCUT2D eigenvalue weighted by molar-refractivity contribution is 0.0714. The number of halogens is 2. The van der Waals surface area contributed by atoms with Crippen LogP contribution in [0.4, 0.5) is 14.6 Å². The van der Waals surface area contributed by atoms with Gasteiger partial charge in [0.25, 0.3) is 5.91 Å². The number of hydrogen-bond donors (Lipinski definition) is 0. The van der Waals surface area contributed by atoms with Gasteiger partial charge in [-0.05, 0) is 37.1 Å². The standard InChI is InChI=1S/C21H22F2N6O/c1-27-13-17(20(26-27)16-6-5-14(22)12-18(16)23)21(30)29-10-7-15(8-11-29)28(2)19-4-3-9-24-25-19/h3-6,9,12-13,15H,7-8,10-11H2,1-2H3. The van der Waals surface area contributed by atoms with E-state index < -0.39 is 11.6 Å². The fraction of sp³-hybridized carbons (Fsp3) is 0.333. The number of carbonyl (C=O) groups excluding carboxylic acids is 1. The van der Waals surface area contributed by atoms with Crippen LogP contribution in [-0.2, 0) is 7.05 Å². The highest BCUT2D eigenvalue weighted by molar-refractivity contribution is 6.00. The van der Waals surface area contributed by atoms with Crippen LogP contribution in [0.25, 0.3) is 11.3 Å². The minimum Gasteiger partial charge on any atom is -0.355 e. The van der Waals surface area contributed by atoms with Crippen LogP contribution < -0.4 is 4.90 Å². The Kier molecular flexibility index (Phi) is 5.43. The van der Waals surface area contributed by atoms with Crippen molar-refractivity contribution in [3.63, 3.8) is 0 Å². The average molecular weight is 412 g/mol. The molecule has 9 heteroatoms. The van der Waals surface area contributed by atoms with E-state index >= 15 is 0 Å². The Morgan fingerprint density at radius 3 is 2.63 bits per heavy atom. The van der Waals surface area contributed by atoms with E-state index in [0.29, 0.717) is 18.7 Å². The van der Waals surface area contributed by atoms with Gasteiger partial charge in [0, 0.05) is 57.3 Å². The van der Waals surface area contributed by atoms with Crippen molar-refractivity contribution in [3.8, 4) is 11.3 Å². The predicted molar refractivity (Wildman–Crippen MR) is 108 cm³/mol. The number of piperidine rings is 1. The third-order valence-corrected chi connectivity index (χ3v) is 5.46. The number of aryl methyl sites for hydroxylation is 1. The molecule has 2 aromatic heterocycles. The van der Waals surface area contributed by atoms with Crippen molar-refractivity contribution >= 4 is 11.7 Å². The van der Waals surface area contributed by atoms with Gasteiger partial charge in [-0.3, -0.25) is 9.48 Å². The van der Waals surface area contributed by atoms with Crippen LogP contribution in [0.5, 0.6) is 0 Å². The van der Waals surface area contributed by atoms with Gasteiger partial charge >= 0.3 is 0 Å². The first-order valence-corrected chi connectivity index (χ1v) is 9.73. The van der Waals surface area contributed by atoms with Gasteiger partial charge < -0.3 is 9.80 Å². The third kappa shape index (κ3) is 3.87. The number of hydrogen-bond acceptors (Lipinski definition) is 5. The molecule has 0 aliphatic carbocycles. The Hall–Kier alpha value is -3.36. The quantitative estimate of drug-likeness (QED) is 0.659. The minimum absolute atomic E-state index is 0.109. The molecule has 1 saturated heterocycles. The van der Waals surface area contributed by atoms with Crippen LogP contribution in [0, 0.1) is 11.6 Å². The van der Waals surface area contributed by atoms with Gasteiger partial charge in [0.15, 0.2) is 5.82 Å². The Morgan fingerprint density at radius 2 is 1.97 bits per heavy atom. The first kappa shape index (κ1) is 19.9. The second-order valence-corrected chi connectivity index (χ2v) is 7.41. The Labute approximate surface area is 172 Å². The zero-order chi connectivity index (χ0) is 21.3. The largest absolute Gasteiger partial charge is 0.355 e.